The highest BCUT2D eigenvalue weighted by Crippen LogP contribution is 2.25. The summed E-state index contributed by atoms with van der Waals surface area (Å²) in [6.45, 7) is 3.22. The summed E-state index contributed by atoms with van der Waals surface area (Å²) in [5.74, 6) is 0.267. The van der Waals surface area contributed by atoms with Crippen LogP contribution in [0.15, 0.2) is 20.1 Å². The molecule has 92 valence electrons. The highest BCUT2D eigenvalue weighted by Gasteiger charge is 2.16. The summed E-state index contributed by atoms with van der Waals surface area (Å²) in [4.78, 5) is 0. The van der Waals surface area contributed by atoms with Crippen LogP contribution in [0.2, 0.25) is 0 Å². The number of sulfonamides is 1. The molecular weight excluding hydrogens is 312 g/mol. The molecule has 0 radical (unpaired) electrons. The van der Waals surface area contributed by atoms with Crippen LogP contribution in [0.3, 0.4) is 0 Å². The lowest BCUT2D eigenvalue weighted by molar-refractivity contribution is 0.519. The van der Waals surface area contributed by atoms with Crippen LogP contribution in [-0.2, 0) is 10.0 Å². The lowest BCUT2D eigenvalue weighted by Crippen LogP contribution is -2.31. The van der Waals surface area contributed by atoms with Crippen LogP contribution in [0.1, 0.15) is 6.92 Å². The summed E-state index contributed by atoms with van der Waals surface area (Å²) in [5, 5.41) is 3.01. The molecular formula is C9H15BrN2O2S2. The minimum Gasteiger partial charge on any atom is -0.319 e. The molecule has 1 aromatic heterocycles. The second-order valence-electron chi connectivity index (χ2n) is 3.57. The molecule has 0 aromatic carbocycles. The van der Waals surface area contributed by atoms with E-state index in [1.165, 1.54) is 11.3 Å². The van der Waals surface area contributed by atoms with Crippen molar-refractivity contribution in [2.24, 2.45) is 5.92 Å². The van der Waals surface area contributed by atoms with Crippen LogP contribution in [0, 0.1) is 5.92 Å². The lowest BCUT2D eigenvalue weighted by atomic mass is 10.2. The van der Waals surface area contributed by atoms with E-state index < -0.39 is 10.0 Å². The summed E-state index contributed by atoms with van der Waals surface area (Å²) >= 11 is 4.46. The highest BCUT2D eigenvalue weighted by atomic mass is 79.9. The molecule has 0 saturated heterocycles. The molecule has 1 rings (SSSR count). The molecule has 1 aromatic rings. The smallest absolute Gasteiger partial charge is 0.250 e. The van der Waals surface area contributed by atoms with E-state index in [1.54, 1.807) is 12.1 Å². The SMILES string of the molecule is CNCC(C)CNS(=O)(=O)c1ccc(Br)s1. The fourth-order valence-electron chi connectivity index (χ4n) is 1.19. The van der Waals surface area contributed by atoms with Gasteiger partial charge in [-0.2, -0.15) is 0 Å². The van der Waals surface area contributed by atoms with Gasteiger partial charge in [0, 0.05) is 6.54 Å². The molecule has 0 bridgehead atoms. The average Bonchev–Trinajstić information content (AvgIpc) is 2.63. The topological polar surface area (TPSA) is 58.2 Å². The second kappa shape index (κ2) is 6.11. The predicted molar refractivity (Wildman–Crippen MR) is 70.3 cm³/mol. The Bertz CT molecular complexity index is 430. The zero-order chi connectivity index (χ0) is 12.2. The molecule has 2 N–H and O–H groups in total. The molecule has 0 aliphatic heterocycles. The standard InChI is InChI=1S/C9H15BrN2O2S2/c1-7(5-11-2)6-12-16(13,14)9-4-3-8(10)15-9/h3-4,7,11-12H,5-6H2,1-2H3. The van der Waals surface area contributed by atoms with Gasteiger partial charge in [0.1, 0.15) is 4.21 Å². The summed E-state index contributed by atoms with van der Waals surface area (Å²) in [6, 6.07) is 3.33. The first-order chi connectivity index (χ1) is 7.45. The van der Waals surface area contributed by atoms with Crippen molar-refractivity contribution in [3.05, 3.63) is 15.9 Å². The van der Waals surface area contributed by atoms with Crippen molar-refractivity contribution in [3.8, 4) is 0 Å². The van der Waals surface area contributed by atoms with E-state index in [0.29, 0.717) is 10.8 Å². The molecule has 0 amide bonds. The largest absolute Gasteiger partial charge is 0.319 e. The van der Waals surface area contributed by atoms with Gasteiger partial charge in [-0.15, -0.1) is 11.3 Å². The molecule has 0 aliphatic carbocycles. The minimum absolute atomic E-state index is 0.267. The summed E-state index contributed by atoms with van der Waals surface area (Å²) in [6.07, 6.45) is 0. The summed E-state index contributed by atoms with van der Waals surface area (Å²) in [5.41, 5.74) is 0. The third-order valence-corrected chi connectivity index (χ3v) is 5.53. The molecule has 1 atom stereocenters. The van der Waals surface area contributed by atoms with E-state index in [2.05, 4.69) is 26.0 Å². The van der Waals surface area contributed by atoms with Gasteiger partial charge in [-0.25, -0.2) is 13.1 Å². The van der Waals surface area contributed by atoms with E-state index in [1.807, 2.05) is 14.0 Å². The number of hydrogen-bond donors (Lipinski definition) is 2. The maximum Gasteiger partial charge on any atom is 0.250 e. The molecule has 0 aliphatic rings. The van der Waals surface area contributed by atoms with Crippen LogP contribution in [0.25, 0.3) is 0 Å². The predicted octanol–water partition coefficient (Wildman–Crippen LogP) is 1.64. The van der Waals surface area contributed by atoms with Crippen LogP contribution in [0.4, 0.5) is 0 Å². The average molecular weight is 327 g/mol. The van der Waals surface area contributed by atoms with E-state index >= 15 is 0 Å². The van der Waals surface area contributed by atoms with E-state index in [4.69, 9.17) is 0 Å². The Morgan fingerprint density at radius 2 is 2.12 bits per heavy atom. The Balaban J connectivity index is 2.59. The van der Waals surface area contributed by atoms with Crippen molar-refractivity contribution < 1.29 is 8.42 Å². The molecule has 4 nitrogen and oxygen atoms in total. The Morgan fingerprint density at radius 1 is 1.44 bits per heavy atom. The van der Waals surface area contributed by atoms with Crippen molar-refractivity contribution >= 4 is 37.3 Å². The second-order valence-corrected chi connectivity index (χ2v) is 8.03. The summed E-state index contributed by atoms with van der Waals surface area (Å²) in [7, 11) is -1.49. The van der Waals surface area contributed by atoms with Crippen LogP contribution in [0.5, 0.6) is 0 Å². The molecule has 0 saturated carbocycles. The molecule has 7 heteroatoms. The van der Waals surface area contributed by atoms with Crippen LogP contribution < -0.4 is 10.0 Å². The van der Waals surface area contributed by atoms with Crippen LogP contribution in [-0.4, -0.2) is 28.6 Å². The fraction of sp³-hybridized carbons (Fsp3) is 0.556. The number of thiophene rings is 1. The van der Waals surface area contributed by atoms with Gasteiger partial charge in [0.15, 0.2) is 0 Å². The monoisotopic (exact) mass is 326 g/mol. The highest BCUT2D eigenvalue weighted by molar-refractivity contribution is 9.11. The first-order valence-corrected chi connectivity index (χ1v) is 7.94. The van der Waals surface area contributed by atoms with Gasteiger partial charge in [-0.05, 0) is 47.6 Å². The molecule has 0 fully saturated rings. The van der Waals surface area contributed by atoms with Crippen molar-refractivity contribution in [3.63, 3.8) is 0 Å². The third kappa shape index (κ3) is 4.14. The van der Waals surface area contributed by atoms with Crippen LogP contribution >= 0.6 is 27.3 Å². The number of hydrogen-bond acceptors (Lipinski definition) is 4. The Kier molecular flexibility index (Phi) is 5.39. The maximum atomic E-state index is 11.8. The van der Waals surface area contributed by atoms with Crippen molar-refractivity contribution in [1.82, 2.24) is 10.0 Å². The van der Waals surface area contributed by atoms with Gasteiger partial charge in [0.2, 0.25) is 10.0 Å². The molecule has 1 unspecified atom stereocenters. The van der Waals surface area contributed by atoms with E-state index in [9.17, 15) is 8.42 Å². The number of rotatable bonds is 6. The Morgan fingerprint density at radius 3 is 2.62 bits per heavy atom. The number of nitrogens with one attached hydrogen (secondary N) is 2. The van der Waals surface area contributed by atoms with Gasteiger partial charge in [-0.3, -0.25) is 0 Å². The van der Waals surface area contributed by atoms with Crippen molar-refractivity contribution in [1.29, 1.82) is 0 Å². The maximum absolute atomic E-state index is 11.8. The van der Waals surface area contributed by atoms with Gasteiger partial charge in [0.25, 0.3) is 0 Å². The van der Waals surface area contributed by atoms with E-state index in [0.717, 1.165) is 10.3 Å². The molecule has 1 heterocycles. The first kappa shape index (κ1) is 14.1. The van der Waals surface area contributed by atoms with E-state index in [-0.39, 0.29) is 5.92 Å². The Hall–Kier alpha value is 0.0500. The normalized spacial score (nSPS) is 13.9. The first-order valence-electron chi connectivity index (χ1n) is 4.85. The Labute approximate surface area is 109 Å². The quantitative estimate of drug-likeness (QED) is 0.835. The zero-order valence-electron chi connectivity index (χ0n) is 9.16. The zero-order valence-corrected chi connectivity index (χ0v) is 12.4. The summed E-state index contributed by atoms with van der Waals surface area (Å²) < 4.78 is 27.4. The third-order valence-electron chi connectivity index (χ3n) is 1.99. The lowest BCUT2D eigenvalue weighted by Gasteiger charge is -2.11. The van der Waals surface area contributed by atoms with Gasteiger partial charge in [-0.1, -0.05) is 6.92 Å². The number of halogens is 1. The molecule has 0 spiro atoms. The molecule has 16 heavy (non-hydrogen) atoms. The fourth-order valence-corrected chi connectivity index (χ4v) is 4.41. The van der Waals surface area contributed by atoms with Crippen molar-refractivity contribution in [2.75, 3.05) is 20.1 Å². The minimum atomic E-state index is -3.34. The van der Waals surface area contributed by atoms with Gasteiger partial charge >= 0.3 is 0 Å². The van der Waals surface area contributed by atoms with Gasteiger partial charge in [0.05, 0.1) is 3.79 Å². The van der Waals surface area contributed by atoms with Crippen molar-refractivity contribution in [2.45, 2.75) is 11.1 Å². The van der Waals surface area contributed by atoms with Gasteiger partial charge < -0.3 is 5.32 Å².